The smallest absolute Gasteiger partial charge is 0.261 e. The van der Waals surface area contributed by atoms with Gasteiger partial charge in [0.25, 0.3) is 5.56 Å². The third kappa shape index (κ3) is 1.71. The van der Waals surface area contributed by atoms with Crippen molar-refractivity contribution in [3.8, 4) is 0 Å². The van der Waals surface area contributed by atoms with Gasteiger partial charge in [-0.05, 0) is 19.4 Å². The number of hydrogen-bond acceptors (Lipinski definition) is 6. The van der Waals surface area contributed by atoms with Crippen LogP contribution in [0.4, 0.5) is 5.95 Å². The molecule has 0 radical (unpaired) electrons. The second-order valence-electron chi connectivity index (χ2n) is 4.97. The number of aromatic nitrogens is 2. The summed E-state index contributed by atoms with van der Waals surface area (Å²) in [5.41, 5.74) is 3.04. The summed E-state index contributed by atoms with van der Waals surface area (Å²) in [6.45, 7) is 4.59. The maximum absolute atomic E-state index is 12.1. The lowest BCUT2D eigenvalue weighted by molar-refractivity contribution is -0.0379. The number of nitrogens with two attached hydrogens (primary N) is 1. The molecule has 0 saturated carbocycles. The fourth-order valence-corrected chi connectivity index (χ4v) is 3.32. The highest BCUT2D eigenvalue weighted by Crippen LogP contribution is 2.36. The molecule has 96 valence electrons. The third-order valence-corrected chi connectivity index (χ3v) is 4.18. The van der Waals surface area contributed by atoms with Gasteiger partial charge in [-0.25, -0.2) is 10.8 Å². The Kier molecular flexibility index (Phi) is 2.44. The largest absolute Gasteiger partial charge is 0.370 e. The number of nitrogens with one attached hydrogen (secondary N) is 2. The van der Waals surface area contributed by atoms with E-state index in [0.29, 0.717) is 16.8 Å². The van der Waals surface area contributed by atoms with Gasteiger partial charge in [-0.15, -0.1) is 11.3 Å². The van der Waals surface area contributed by atoms with Gasteiger partial charge in [0.15, 0.2) is 0 Å². The topological polar surface area (TPSA) is 93.0 Å². The molecule has 18 heavy (non-hydrogen) atoms. The van der Waals surface area contributed by atoms with E-state index in [0.717, 1.165) is 16.9 Å². The second kappa shape index (κ2) is 3.78. The number of hydrazine groups is 1. The third-order valence-electron chi connectivity index (χ3n) is 3.08. The maximum Gasteiger partial charge on any atom is 0.261 e. The predicted molar refractivity (Wildman–Crippen MR) is 70.6 cm³/mol. The summed E-state index contributed by atoms with van der Waals surface area (Å²) in [7, 11) is 0. The number of nitrogens with zero attached hydrogens (tertiary/aromatic N) is 1. The molecule has 0 unspecified atom stereocenters. The zero-order valence-electron chi connectivity index (χ0n) is 10.2. The molecule has 2 aromatic heterocycles. The number of H-pyrrole nitrogens is 1. The molecule has 0 fully saturated rings. The Morgan fingerprint density at radius 2 is 2.33 bits per heavy atom. The van der Waals surface area contributed by atoms with Crippen LogP contribution in [0.5, 0.6) is 0 Å². The predicted octanol–water partition coefficient (Wildman–Crippen LogP) is 1.12. The lowest BCUT2D eigenvalue weighted by Gasteiger charge is -2.29. The number of ether oxygens (including phenoxy) is 1. The summed E-state index contributed by atoms with van der Waals surface area (Å²) in [4.78, 5) is 20.8. The first-order chi connectivity index (χ1) is 8.50. The normalized spacial score (nSPS) is 17.7. The summed E-state index contributed by atoms with van der Waals surface area (Å²) < 4.78 is 5.75. The van der Waals surface area contributed by atoms with Gasteiger partial charge in [-0.3, -0.25) is 15.2 Å². The van der Waals surface area contributed by atoms with Crippen LogP contribution in [-0.4, -0.2) is 15.6 Å². The minimum Gasteiger partial charge on any atom is -0.370 e. The first kappa shape index (κ1) is 11.6. The first-order valence-corrected chi connectivity index (χ1v) is 6.47. The summed E-state index contributed by atoms with van der Waals surface area (Å²) >= 11 is 1.49. The van der Waals surface area contributed by atoms with Gasteiger partial charge in [0.1, 0.15) is 4.83 Å². The van der Waals surface area contributed by atoms with Gasteiger partial charge in [0, 0.05) is 11.3 Å². The van der Waals surface area contributed by atoms with E-state index in [4.69, 9.17) is 10.6 Å². The average molecular weight is 266 g/mol. The number of nitrogen functional groups attached to an aromatic ring is 1. The van der Waals surface area contributed by atoms with Gasteiger partial charge in [-0.1, -0.05) is 0 Å². The van der Waals surface area contributed by atoms with Crippen LogP contribution < -0.4 is 16.8 Å². The molecule has 7 heteroatoms. The molecular weight excluding hydrogens is 252 g/mol. The molecule has 0 spiro atoms. The van der Waals surface area contributed by atoms with E-state index < -0.39 is 0 Å². The minimum atomic E-state index is -0.238. The molecule has 3 rings (SSSR count). The Bertz CT molecular complexity index is 673. The van der Waals surface area contributed by atoms with Gasteiger partial charge in [0.05, 0.1) is 17.6 Å². The van der Waals surface area contributed by atoms with E-state index in [1.165, 1.54) is 11.3 Å². The molecule has 0 atom stereocenters. The highest BCUT2D eigenvalue weighted by molar-refractivity contribution is 7.18. The number of hydrogen-bond donors (Lipinski definition) is 3. The van der Waals surface area contributed by atoms with E-state index in [1.807, 2.05) is 13.8 Å². The number of aromatic amines is 1. The Labute approximate surface area is 107 Å². The fourth-order valence-electron chi connectivity index (χ4n) is 2.22. The van der Waals surface area contributed by atoms with E-state index in [2.05, 4.69) is 15.4 Å². The Hall–Kier alpha value is -1.44. The van der Waals surface area contributed by atoms with Crippen LogP contribution in [0.3, 0.4) is 0 Å². The number of anilines is 1. The lowest BCUT2D eigenvalue weighted by Crippen LogP contribution is -2.31. The summed E-state index contributed by atoms with van der Waals surface area (Å²) in [6.07, 6.45) is 0.725. The molecule has 0 amide bonds. The van der Waals surface area contributed by atoms with Crippen LogP contribution in [0.2, 0.25) is 0 Å². The molecule has 4 N–H and O–H groups in total. The van der Waals surface area contributed by atoms with Crippen molar-refractivity contribution in [1.29, 1.82) is 0 Å². The van der Waals surface area contributed by atoms with Gasteiger partial charge < -0.3 is 4.74 Å². The number of rotatable bonds is 1. The zero-order valence-corrected chi connectivity index (χ0v) is 11.0. The number of fused-ring (bicyclic) bond motifs is 3. The Morgan fingerprint density at radius 1 is 1.56 bits per heavy atom. The van der Waals surface area contributed by atoms with Crippen LogP contribution in [0.1, 0.15) is 24.3 Å². The first-order valence-electron chi connectivity index (χ1n) is 5.65. The second-order valence-corrected chi connectivity index (χ2v) is 6.05. The highest BCUT2D eigenvalue weighted by atomic mass is 32.1. The molecule has 0 aliphatic carbocycles. The lowest BCUT2D eigenvalue weighted by atomic mass is 9.94. The maximum atomic E-state index is 12.1. The van der Waals surface area contributed by atoms with Crippen LogP contribution in [0, 0.1) is 0 Å². The van der Waals surface area contributed by atoms with Gasteiger partial charge >= 0.3 is 0 Å². The van der Waals surface area contributed by atoms with Crippen molar-refractivity contribution >= 4 is 27.5 Å². The molecule has 1 aliphatic heterocycles. The minimum absolute atomic E-state index is 0.150. The molecule has 2 aromatic rings. The van der Waals surface area contributed by atoms with Crippen LogP contribution in [0.15, 0.2) is 4.79 Å². The van der Waals surface area contributed by atoms with E-state index in [-0.39, 0.29) is 17.1 Å². The van der Waals surface area contributed by atoms with Crippen LogP contribution in [-0.2, 0) is 17.8 Å². The van der Waals surface area contributed by atoms with Crippen LogP contribution in [0.25, 0.3) is 10.2 Å². The monoisotopic (exact) mass is 266 g/mol. The fraction of sp³-hybridized carbons (Fsp3) is 0.455. The Morgan fingerprint density at radius 3 is 3.06 bits per heavy atom. The highest BCUT2D eigenvalue weighted by Gasteiger charge is 2.30. The molecule has 0 bridgehead atoms. The average Bonchev–Trinajstić information content (AvgIpc) is 2.65. The summed E-state index contributed by atoms with van der Waals surface area (Å²) in [5, 5.41) is 0.672. The van der Waals surface area contributed by atoms with Gasteiger partial charge in [0.2, 0.25) is 5.95 Å². The van der Waals surface area contributed by atoms with Crippen molar-refractivity contribution in [2.24, 2.45) is 5.84 Å². The molecule has 0 saturated heterocycles. The van der Waals surface area contributed by atoms with Crippen molar-refractivity contribution in [1.82, 2.24) is 9.97 Å². The SMILES string of the molecule is CC1(C)Cc2c(sc3nc(NN)[nH]c(=O)c23)CO1. The molecule has 3 heterocycles. The zero-order chi connectivity index (χ0) is 12.9. The van der Waals surface area contributed by atoms with Gasteiger partial charge in [-0.2, -0.15) is 0 Å². The Balaban J connectivity index is 2.27. The molecular formula is C11H14N4O2S. The molecule has 1 aliphatic rings. The summed E-state index contributed by atoms with van der Waals surface area (Å²) in [5.74, 6) is 5.56. The van der Waals surface area contributed by atoms with Crippen molar-refractivity contribution in [2.75, 3.05) is 5.43 Å². The van der Waals surface area contributed by atoms with Crippen LogP contribution >= 0.6 is 11.3 Å². The van der Waals surface area contributed by atoms with E-state index >= 15 is 0 Å². The van der Waals surface area contributed by atoms with Crippen molar-refractivity contribution in [3.05, 3.63) is 20.8 Å². The quantitative estimate of drug-likeness (QED) is 0.531. The van der Waals surface area contributed by atoms with Crippen molar-refractivity contribution in [2.45, 2.75) is 32.5 Å². The van der Waals surface area contributed by atoms with E-state index in [1.54, 1.807) is 0 Å². The van der Waals surface area contributed by atoms with Crippen molar-refractivity contribution < 1.29 is 4.74 Å². The molecule has 6 nitrogen and oxygen atoms in total. The number of thiophene rings is 1. The van der Waals surface area contributed by atoms with Crippen molar-refractivity contribution in [3.63, 3.8) is 0 Å². The standard InChI is InChI=1S/C11H14N4O2S/c1-11(2)3-5-6(4-17-11)18-9-7(5)8(16)13-10(14-9)15-12/h3-4,12H2,1-2H3,(H2,13,14,15,16). The van der Waals surface area contributed by atoms with E-state index in [9.17, 15) is 4.79 Å². The molecule has 0 aromatic carbocycles. The summed E-state index contributed by atoms with van der Waals surface area (Å²) in [6, 6.07) is 0.